The molecule has 0 atom stereocenters. The number of hydrogen-bond acceptors (Lipinski definition) is 8. The molecule has 1 aromatic heterocycles. The summed E-state index contributed by atoms with van der Waals surface area (Å²) >= 11 is 2.46. The number of amides is 2. The number of phenols is 1. The maximum absolute atomic E-state index is 15.8. The zero-order chi connectivity index (χ0) is 30.2. The van der Waals surface area contributed by atoms with Crippen LogP contribution in [-0.4, -0.2) is 69.9 Å². The monoisotopic (exact) mass is 613 g/mol. The molecule has 2 aromatic carbocycles. The van der Waals surface area contributed by atoms with Gasteiger partial charge in [-0.15, -0.1) is 11.8 Å². The molecule has 3 aromatic rings. The summed E-state index contributed by atoms with van der Waals surface area (Å²) in [5.74, 6) is -2.56. The molecule has 2 N–H and O–H groups in total. The van der Waals surface area contributed by atoms with Crippen LogP contribution in [0.5, 0.6) is 5.75 Å². The predicted molar refractivity (Wildman–Crippen MR) is 162 cm³/mol. The van der Waals surface area contributed by atoms with Gasteiger partial charge in [0.05, 0.1) is 30.0 Å². The molecule has 0 unspecified atom stereocenters. The van der Waals surface area contributed by atoms with Gasteiger partial charge in [0.25, 0.3) is 0 Å². The summed E-state index contributed by atoms with van der Waals surface area (Å²) in [7, 11) is 0. The second kappa shape index (κ2) is 14.3. The Bertz CT molecular complexity index is 1480. The molecule has 1 fully saturated rings. The van der Waals surface area contributed by atoms with E-state index in [1.165, 1.54) is 30.0 Å². The van der Waals surface area contributed by atoms with Crippen molar-refractivity contribution in [1.29, 1.82) is 0 Å². The molecule has 0 aliphatic carbocycles. The van der Waals surface area contributed by atoms with Gasteiger partial charge in [0.1, 0.15) is 35.3 Å². The summed E-state index contributed by atoms with van der Waals surface area (Å²) in [5, 5.41) is 12.8. The van der Waals surface area contributed by atoms with E-state index in [2.05, 4.69) is 16.9 Å². The fourth-order valence-electron chi connectivity index (χ4n) is 4.35. The third-order valence-corrected chi connectivity index (χ3v) is 8.00. The molecule has 4 rings (SSSR count). The predicted octanol–water partition coefficient (Wildman–Crippen LogP) is 5.57. The maximum atomic E-state index is 15.8. The minimum Gasteiger partial charge on any atom is -0.507 e. The van der Waals surface area contributed by atoms with Crippen molar-refractivity contribution in [2.45, 2.75) is 18.2 Å². The summed E-state index contributed by atoms with van der Waals surface area (Å²) in [6.07, 6.45) is 4.15. The van der Waals surface area contributed by atoms with Gasteiger partial charge in [-0.2, -0.15) is 0 Å². The van der Waals surface area contributed by atoms with E-state index >= 15 is 4.39 Å². The summed E-state index contributed by atoms with van der Waals surface area (Å²) in [6, 6.07) is 10.4. The molecule has 9 nitrogen and oxygen atoms in total. The van der Waals surface area contributed by atoms with Crippen LogP contribution >= 0.6 is 24.0 Å². The highest BCUT2D eigenvalue weighted by Gasteiger charge is 2.27. The number of anilines is 1. The average molecular weight is 614 g/mol. The molecule has 220 valence electrons. The number of aromatic nitrogens is 1. The van der Waals surface area contributed by atoms with E-state index in [0.717, 1.165) is 34.8 Å². The first-order valence-corrected chi connectivity index (χ1v) is 14.9. The molecule has 1 aliphatic heterocycles. The van der Waals surface area contributed by atoms with Gasteiger partial charge in [-0.3, -0.25) is 18.1 Å². The van der Waals surface area contributed by atoms with Crippen molar-refractivity contribution >= 4 is 53.6 Å². The first kappa shape index (κ1) is 31.0. The number of halogens is 2. The number of amidine groups is 1. The van der Waals surface area contributed by atoms with Crippen molar-refractivity contribution in [3.63, 3.8) is 0 Å². The standard InChI is InChI=1S/C29H29F2N5O4S2/c1-4-18-8-6-11-23(41-3)26(18)34-29(36-13-12-35(24(39)5-2)14-15-40-42-36)19-16-21(31)27(33-28(19)32-17-37)25-20(30)9-7-10-22(25)38/h5-11,16-17,38H,2,4,12-15H2,1,3H3,(H,32,33,37). The number of aryl methyl sites for hydroxylation is 1. The highest BCUT2D eigenvalue weighted by molar-refractivity contribution is 7.98. The Morgan fingerprint density at radius 3 is 2.71 bits per heavy atom. The molecule has 42 heavy (non-hydrogen) atoms. The first-order chi connectivity index (χ1) is 20.3. The van der Waals surface area contributed by atoms with Gasteiger partial charge in [-0.1, -0.05) is 31.7 Å². The van der Waals surface area contributed by atoms with Gasteiger partial charge in [-0.25, -0.2) is 18.8 Å². The number of carbonyl (C=O) groups is 2. The van der Waals surface area contributed by atoms with Crippen LogP contribution in [0.1, 0.15) is 18.1 Å². The molecule has 2 amide bonds. The number of aliphatic imine (C=N–C) groups is 1. The number of phenolic OH excluding ortho intramolecular Hbond substituents is 1. The Morgan fingerprint density at radius 1 is 1.24 bits per heavy atom. The SMILES string of the molecule is C=CC(=O)N1CCOSN(C(=Nc2c(CC)cccc2SC)c2cc(F)c(-c3c(O)cccc3F)nc2NC=O)CC1. The molecule has 0 spiro atoms. The number of rotatable bonds is 8. The zero-order valence-electron chi connectivity index (χ0n) is 23.0. The molecular weight excluding hydrogens is 584 g/mol. The van der Waals surface area contributed by atoms with Crippen LogP contribution < -0.4 is 5.32 Å². The number of para-hydroxylation sites is 1. The topological polar surface area (TPSA) is 107 Å². The second-order valence-corrected chi connectivity index (χ2v) is 10.6. The third kappa shape index (κ3) is 6.75. The van der Waals surface area contributed by atoms with Gasteiger partial charge in [0.2, 0.25) is 12.3 Å². The zero-order valence-corrected chi connectivity index (χ0v) is 24.6. The van der Waals surface area contributed by atoms with E-state index in [4.69, 9.17) is 9.18 Å². The number of nitrogens with zero attached hydrogens (tertiary/aromatic N) is 4. The Morgan fingerprint density at radius 2 is 2.02 bits per heavy atom. The highest BCUT2D eigenvalue weighted by atomic mass is 32.2. The van der Waals surface area contributed by atoms with Gasteiger partial charge in [0.15, 0.2) is 11.7 Å². The van der Waals surface area contributed by atoms with Gasteiger partial charge in [0, 0.05) is 18.0 Å². The van der Waals surface area contributed by atoms with Crippen molar-refractivity contribution in [3.8, 4) is 17.0 Å². The number of benzene rings is 2. The van der Waals surface area contributed by atoms with E-state index in [9.17, 15) is 19.1 Å². The van der Waals surface area contributed by atoms with Gasteiger partial charge >= 0.3 is 0 Å². The Balaban J connectivity index is 1.95. The number of nitrogens with one attached hydrogen (secondary N) is 1. The average Bonchev–Trinajstić information content (AvgIpc) is 2.97. The highest BCUT2D eigenvalue weighted by Crippen LogP contribution is 2.37. The molecule has 13 heteroatoms. The summed E-state index contributed by atoms with van der Waals surface area (Å²) < 4.78 is 37.9. The smallest absolute Gasteiger partial charge is 0.246 e. The van der Waals surface area contributed by atoms with Crippen LogP contribution in [0, 0.1) is 11.6 Å². The van der Waals surface area contributed by atoms with Crippen LogP contribution in [0.3, 0.4) is 0 Å². The number of thioether (sulfide) groups is 1. The van der Waals surface area contributed by atoms with Gasteiger partial charge in [-0.05, 0) is 48.6 Å². The molecule has 2 heterocycles. The normalized spacial score (nSPS) is 14.2. The maximum Gasteiger partial charge on any atom is 0.246 e. The van der Waals surface area contributed by atoms with Crippen LogP contribution in [0.15, 0.2) is 65.0 Å². The molecule has 0 radical (unpaired) electrons. The summed E-state index contributed by atoms with van der Waals surface area (Å²) in [4.78, 5) is 35.7. The van der Waals surface area contributed by atoms with Gasteiger partial charge < -0.3 is 15.3 Å². The van der Waals surface area contributed by atoms with Crippen molar-refractivity contribution in [3.05, 3.63) is 77.9 Å². The quantitative estimate of drug-likeness (QED) is 0.0646. The fourth-order valence-corrected chi connectivity index (χ4v) is 5.58. The van der Waals surface area contributed by atoms with Crippen LogP contribution in [0.2, 0.25) is 0 Å². The Kier molecular flexibility index (Phi) is 10.6. The van der Waals surface area contributed by atoms with Crippen molar-refractivity contribution in [1.82, 2.24) is 14.2 Å². The largest absolute Gasteiger partial charge is 0.507 e. The summed E-state index contributed by atoms with van der Waals surface area (Å²) in [5.41, 5.74) is 0.702. The Labute approximate surface area is 251 Å². The van der Waals surface area contributed by atoms with Crippen LogP contribution in [0.25, 0.3) is 11.3 Å². The van der Waals surface area contributed by atoms with E-state index in [0.29, 0.717) is 25.1 Å². The third-order valence-electron chi connectivity index (χ3n) is 6.42. The lowest BCUT2D eigenvalue weighted by molar-refractivity contribution is -0.126. The van der Waals surface area contributed by atoms with E-state index in [1.54, 1.807) is 9.21 Å². The lowest BCUT2D eigenvalue weighted by Gasteiger charge is -2.31. The fraction of sp³-hybridized carbons (Fsp3) is 0.241. The van der Waals surface area contributed by atoms with E-state index in [1.807, 2.05) is 31.4 Å². The minimum atomic E-state index is -0.954. The number of carbonyl (C=O) groups excluding carboxylic acids is 2. The van der Waals surface area contributed by atoms with Crippen molar-refractivity contribution < 1.29 is 27.7 Å². The van der Waals surface area contributed by atoms with E-state index < -0.39 is 28.6 Å². The summed E-state index contributed by atoms with van der Waals surface area (Å²) in [6.45, 7) is 6.59. The van der Waals surface area contributed by atoms with Crippen LogP contribution in [0.4, 0.5) is 20.3 Å². The van der Waals surface area contributed by atoms with E-state index in [-0.39, 0.29) is 42.8 Å². The molecule has 1 aliphatic rings. The number of hydrogen-bond donors (Lipinski definition) is 2. The Hall–Kier alpha value is -3.94. The lowest BCUT2D eigenvalue weighted by Crippen LogP contribution is -2.42. The van der Waals surface area contributed by atoms with Crippen molar-refractivity contribution in [2.75, 3.05) is 37.8 Å². The van der Waals surface area contributed by atoms with Crippen LogP contribution in [-0.2, 0) is 20.2 Å². The molecular formula is C29H29F2N5O4S2. The lowest BCUT2D eigenvalue weighted by atomic mass is 10.1. The number of aromatic hydroxyl groups is 1. The number of pyridine rings is 1. The second-order valence-electron chi connectivity index (χ2n) is 8.90. The van der Waals surface area contributed by atoms with Crippen molar-refractivity contribution in [2.24, 2.45) is 4.99 Å². The first-order valence-electron chi connectivity index (χ1n) is 12.9. The molecule has 0 bridgehead atoms. The molecule has 1 saturated heterocycles. The molecule has 0 saturated carbocycles. The minimum absolute atomic E-state index is 0.0791.